The molecule has 1 amide bonds. The van der Waals surface area contributed by atoms with Gasteiger partial charge in [-0.05, 0) is 12.1 Å². The summed E-state index contributed by atoms with van der Waals surface area (Å²) in [7, 11) is 0. The molecule has 1 unspecified atom stereocenters. The van der Waals surface area contributed by atoms with E-state index in [4.69, 9.17) is 0 Å². The third kappa shape index (κ3) is 4.06. The van der Waals surface area contributed by atoms with Crippen molar-refractivity contribution in [3.63, 3.8) is 0 Å². The van der Waals surface area contributed by atoms with Gasteiger partial charge in [0.2, 0.25) is 5.91 Å². The van der Waals surface area contributed by atoms with Crippen LogP contribution in [0.5, 0.6) is 0 Å². The van der Waals surface area contributed by atoms with Gasteiger partial charge >= 0.3 is 0 Å². The summed E-state index contributed by atoms with van der Waals surface area (Å²) in [6.07, 6.45) is 2.31. The molecule has 0 spiro atoms. The molecule has 1 saturated heterocycles. The van der Waals surface area contributed by atoms with E-state index in [0.29, 0.717) is 6.42 Å². The number of rotatable bonds is 4. The highest BCUT2D eigenvalue weighted by molar-refractivity contribution is 7.99. The number of benzene rings is 1. The number of nitrogens with zero attached hydrogens (tertiary/aromatic N) is 1. The first kappa shape index (κ1) is 14.6. The van der Waals surface area contributed by atoms with Gasteiger partial charge in [0.1, 0.15) is 5.01 Å². The summed E-state index contributed by atoms with van der Waals surface area (Å²) in [5.41, 5.74) is 1.87. The summed E-state index contributed by atoms with van der Waals surface area (Å²) in [6, 6.07) is 8.12. The fourth-order valence-electron chi connectivity index (χ4n) is 2.28. The van der Waals surface area contributed by atoms with Crippen molar-refractivity contribution >= 4 is 34.7 Å². The quantitative estimate of drug-likeness (QED) is 0.910. The van der Waals surface area contributed by atoms with E-state index in [1.807, 2.05) is 41.4 Å². The van der Waals surface area contributed by atoms with Crippen molar-refractivity contribution in [2.75, 3.05) is 23.4 Å². The van der Waals surface area contributed by atoms with E-state index in [1.54, 1.807) is 17.5 Å². The van der Waals surface area contributed by atoms with Gasteiger partial charge in [0.25, 0.3) is 0 Å². The van der Waals surface area contributed by atoms with Crippen molar-refractivity contribution in [2.24, 2.45) is 0 Å². The van der Waals surface area contributed by atoms with Gasteiger partial charge < -0.3 is 10.6 Å². The number of carbonyl (C=O) groups is 1. The molecular weight excluding hydrogens is 302 g/mol. The van der Waals surface area contributed by atoms with Crippen LogP contribution in [0.1, 0.15) is 6.42 Å². The molecule has 4 nitrogen and oxygen atoms in total. The molecule has 1 fully saturated rings. The van der Waals surface area contributed by atoms with Gasteiger partial charge in [-0.1, -0.05) is 12.1 Å². The second-order valence-corrected chi connectivity index (χ2v) is 6.94. The molecular formula is C15H17N3OS2. The lowest BCUT2D eigenvalue weighted by Gasteiger charge is -2.22. The number of hydrogen-bond donors (Lipinski definition) is 2. The molecule has 1 atom stereocenters. The first-order chi connectivity index (χ1) is 10.3. The highest BCUT2D eigenvalue weighted by atomic mass is 32.2. The zero-order chi connectivity index (χ0) is 14.5. The van der Waals surface area contributed by atoms with Crippen LogP contribution in [0.25, 0.3) is 10.6 Å². The van der Waals surface area contributed by atoms with Crippen LogP contribution < -0.4 is 10.6 Å². The Hall–Kier alpha value is -1.37. The number of carbonyl (C=O) groups excluding carboxylic acids is 1. The summed E-state index contributed by atoms with van der Waals surface area (Å²) in [5.74, 6) is 2.20. The Morgan fingerprint density at radius 2 is 2.43 bits per heavy atom. The number of nitrogens with one attached hydrogen (secondary N) is 2. The summed E-state index contributed by atoms with van der Waals surface area (Å²) >= 11 is 3.50. The zero-order valence-corrected chi connectivity index (χ0v) is 13.2. The van der Waals surface area contributed by atoms with Crippen molar-refractivity contribution in [1.82, 2.24) is 10.3 Å². The molecule has 2 N–H and O–H groups in total. The Labute approximate surface area is 132 Å². The van der Waals surface area contributed by atoms with Gasteiger partial charge in [-0.25, -0.2) is 4.98 Å². The van der Waals surface area contributed by atoms with E-state index in [2.05, 4.69) is 15.6 Å². The van der Waals surface area contributed by atoms with Crippen molar-refractivity contribution in [1.29, 1.82) is 0 Å². The lowest BCUT2D eigenvalue weighted by Crippen LogP contribution is -2.39. The Morgan fingerprint density at radius 3 is 3.19 bits per heavy atom. The van der Waals surface area contributed by atoms with E-state index in [9.17, 15) is 4.79 Å². The maximum atomic E-state index is 12.1. The Balaban J connectivity index is 1.62. The van der Waals surface area contributed by atoms with Crippen molar-refractivity contribution in [3.8, 4) is 10.6 Å². The summed E-state index contributed by atoms with van der Waals surface area (Å²) < 4.78 is 0. The minimum absolute atomic E-state index is 0.0614. The number of hydrogen-bond acceptors (Lipinski definition) is 5. The highest BCUT2D eigenvalue weighted by Crippen LogP contribution is 2.24. The van der Waals surface area contributed by atoms with Crippen LogP contribution >= 0.6 is 23.1 Å². The molecule has 0 bridgehead atoms. The number of thiazole rings is 1. The summed E-state index contributed by atoms with van der Waals surface area (Å²) in [4.78, 5) is 16.4. The molecule has 3 rings (SSSR count). The molecule has 0 saturated carbocycles. The third-order valence-corrected chi connectivity index (χ3v) is 5.21. The van der Waals surface area contributed by atoms with Gasteiger partial charge in [0.15, 0.2) is 0 Å². The Kier molecular flexibility index (Phi) is 4.90. The minimum Gasteiger partial charge on any atom is -0.326 e. The lowest BCUT2D eigenvalue weighted by atomic mass is 10.2. The average molecular weight is 319 g/mol. The second-order valence-electron chi connectivity index (χ2n) is 4.90. The van der Waals surface area contributed by atoms with E-state index < -0.39 is 0 Å². The van der Waals surface area contributed by atoms with Crippen molar-refractivity contribution < 1.29 is 4.79 Å². The van der Waals surface area contributed by atoms with Crippen LogP contribution in [0.3, 0.4) is 0 Å². The first-order valence-corrected chi connectivity index (χ1v) is 8.95. The predicted octanol–water partition coefficient (Wildman–Crippen LogP) is 2.84. The van der Waals surface area contributed by atoms with Crippen molar-refractivity contribution in [2.45, 2.75) is 12.5 Å². The van der Waals surface area contributed by atoms with Crippen LogP contribution in [-0.4, -0.2) is 35.0 Å². The monoisotopic (exact) mass is 319 g/mol. The lowest BCUT2D eigenvalue weighted by molar-refractivity contribution is -0.116. The molecule has 21 heavy (non-hydrogen) atoms. The van der Waals surface area contributed by atoms with E-state index in [-0.39, 0.29) is 11.9 Å². The zero-order valence-electron chi connectivity index (χ0n) is 11.5. The van der Waals surface area contributed by atoms with Gasteiger partial charge in [0.05, 0.1) is 0 Å². The molecule has 1 aromatic heterocycles. The smallest absolute Gasteiger partial charge is 0.225 e. The van der Waals surface area contributed by atoms with Gasteiger partial charge in [-0.2, -0.15) is 11.8 Å². The molecule has 2 aromatic rings. The van der Waals surface area contributed by atoms with E-state index in [1.165, 1.54) is 0 Å². The highest BCUT2D eigenvalue weighted by Gasteiger charge is 2.16. The van der Waals surface area contributed by atoms with E-state index >= 15 is 0 Å². The summed E-state index contributed by atoms with van der Waals surface area (Å²) in [6.45, 7) is 0.988. The maximum absolute atomic E-state index is 12.1. The molecule has 110 valence electrons. The van der Waals surface area contributed by atoms with Gasteiger partial charge in [-0.3, -0.25) is 4.79 Å². The maximum Gasteiger partial charge on any atom is 0.225 e. The topological polar surface area (TPSA) is 54.0 Å². The number of thioether (sulfide) groups is 1. The molecule has 0 radical (unpaired) electrons. The Bertz CT molecular complexity index is 595. The molecule has 2 heterocycles. The minimum atomic E-state index is 0.0614. The second kappa shape index (κ2) is 7.06. The van der Waals surface area contributed by atoms with Crippen molar-refractivity contribution in [3.05, 3.63) is 35.8 Å². The van der Waals surface area contributed by atoms with Gasteiger partial charge in [0, 0.05) is 53.3 Å². The standard InChI is InChI=1S/C15H17N3OS2/c19-14(9-13-10-20-6-4-16-13)18-12-3-1-2-11(8-12)15-17-5-7-21-15/h1-3,5,7-8,13,16H,4,6,9-10H2,(H,18,19). The fraction of sp³-hybridized carbons (Fsp3) is 0.333. The van der Waals surface area contributed by atoms with Crippen LogP contribution in [0, 0.1) is 0 Å². The number of aromatic nitrogens is 1. The fourth-order valence-corrected chi connectivity index (χ4v) is 3.87. The van der Waals surface area contributed by atoms with Crippen LogP contribution in [0.4, 0.5) is 5.69 Å². The third-order valence-electron chi connectivity index (χ3n) is 3.26. The van der Waals surface area contributed by atoms with Crippen LogP contribution in [0.2, 0.25) is 0 Å². The predicted molar refractivity (Wildman–Crippen MR) is 89.9 cm³/mol. The first-order valence-electron chi connectivity index (χ1n) is 6.92. The molecule has 6 heteroatoms. The molecule has 0 aliphatic carbocycles. The average Bonchev–Trinajstić information content (AvgIpc) is 3.02. The summed E-state index contributed by atoms with van der Waals surface area (Å²) in [5, 5.41) is 9.28. The molecule has 1 aromatic carbocycles. The number of amides is 1. The number of anilines is 1. The molecule has 1 aliphatic heterocycles. The Morgan fingerprint density at radius 1 is 1.48 bits per heavy atom. The van der Waals surface area contributed by atoms with E-state index in [0.717, 1.165) is 34.3 Å². The van der Waals surface area contributed by atoms with Crippen LogP contribution in [0.15, 0.2) is 35.8 Å². The SMILES string of the molecule is O=C(CC1CSCCN1)Nc1cccc(-c2nccs2)c1. The molecule has 1 aliphatic rings. The van der Waals surface area contributed by atoms with Crippen LogP contribution in [-0.2, 0) is 4.79 Å². The van der Waals surface area contributed by atoms with Gasteiger partial charge in [-0.15, -0.1) is 11.3 Å². The normalized spacial score (nSPS) is 18.4. The largest absolute Gasteiger partial charge is 0.326 e.